The van der Waals surface area contributed by atoms with Gasteiger partial charge in [-0.3, -0.25) is 4.79 Å². The molecule has 0 aromatic carbocycles. The highest BCUT2D eigenvalue weighted by Crippen LogP contribution is 2.02. The molecular weight excluding hydrogens is 220 g/mol. The van der Waals surface area contributed by atoms with Crippen LogP contribution in [-0.4, -0.2) is 23.7 Å². The summed E-state index contributed by atoms with van der Waals surface area (Å²) < 4.78 is 1.04. The second-order valence-corrected chi connectivity index (χ2v) is 3.77. The minimum atomic E-state index is -1.09. The third kappa shape index (κ3) is 3.27. The molecule has 0 saturated carbocycles. The molecule has 17 heavy (non-hydrogen) atoms. The molecule has 0 spiro atoms. The summed E-state index contributed by atoms with van der Waals surface area (Å²) in [6.45, 7) is 4.26. The third-order valence-corrected chi connectivity index (χ3v) is 2.52. The molecular formula is C12H17N2O3+. The molecule has 0 aliphatic carbocycles. The van der Waals surface area contributed by atoms with E-state index in [1.165, 1.54) is 6.20 Å². The van der Waals surface area contributed by atoms with E-state index in [-0.39, 0.29) is 5.91 Å². The second-order valence-electron chi connectivity index (χ2n) is 3.77. The maximum atomic E-state index is 11.8. The van der Waals surface area contributed by atoms with Crippen molar-refractivity contribution in [2.24, 2.45) is 0 Å². The Labute approximate surface area is 100 Å². The first kappa shape index (κ1) is 13.2. The van der Waals surface area contributed by atoms with Crippen LogP contribution in [0.4, 0.5) is 4.79 Å². The molecule has 92 valence electrons. The molecule has 0 atom stereocenters. The van der Waals surface area contributed by atoms with Crippen molar-refractivity contribution in [3.05, 3.63) is 29.6 Å². The van der Waals surface area contributed by atoms with Crippen LogP contribution in [0.15, 0.2) is 18.3 Å². The van der Waals surface area contributed by atoms with Gasteiger partial charge in [-0.05, 0) is 12.5 Å². The molecule has 1 heterocycles. The summed E-state index contributed by atoms with van der Waals surface area (Å²) in [6, 6.07) is 3.17. The highest BCUT2D eigenvalue weighted by molar-refractivity contribution is 5.94. The lowest BCUT2D eigenvalue weighted by molar-refractivity contribution is -0.591. The zero-order valence-electron chi connectivity index (χ0n) is 10.1. The summed E-state index contributed by atoms with van der Waals surface area (Å²) in [5, 5.41) is 11.7. The van der Waals surface area contributed by atoms with E-state index in [1.807, 2.05) is 6.92 Å². The maximum absolute atomic E-state index is 11.8. The highest BCUT2D eigenvalue weighted by atomic mass is 16.4. The van der Waals surface area contributed by atoms with Crippen LogP contribution >= 0.6 is 0 Å². The van der Waals surface area contributed by atoms with Gasteiger partial charge in [-0.1, -0.05) is 17.9 Å². The van der Waals surface area contributed by atoms with E-state index in [2.05, 4.69) is 5.32 Å². The molecule has 0 radical (unpaired) electrons. The monoisotopic (exact) mass is 237 g/mol. The van der Waals surface area contributed by atoms with E-state index in [9.17, 15) is 9.59 Å². The molecule has 0 aliphatic rings. The fourth-order valence-electron chi connectivity index (χ4n) is 1.51. The Balaban J connectivity index is 2.87. The standard InChI is InChI=1S/C12H16N2O3/c1-3-4-7-13-11(15)10-6-5-8-14(9(10)2)12(16)17/h5-6,8H,3-4,7H2,1-2H3,(H-,13,15,16,17)/p+1. The lowest BCUT2D eigenvalue weighted by Gasteiger charge is -2.04. The fraction of sp³-hybridized carbons (Fsp3) is 0.417. The third-order valence-electron chi connectivity index (χ3n) is 2.52. The van der Waals surface area contributed by atoms with Gasteiger partial charge >= 0.3 is 6.09 Å². The number of hydrogen-bond acceptors (Lipinski definition) is 2. The van der Waals surface area contributed by atoms with Gasteiger partial charge in [0.25, 0.3) is 5.91 Å². The highest BCUT2D eigenvalue weighted by Gasteiger charge is 2.21. The van der Waals surface area contributed by atoms with E-state index in [4.69, 9.17) is 5.11 Å². The predicted octanol–water partition coefficient (Wildman–Crippen LogP) is 1.34. The normalized spacial score (nSPS) is 10.0. The van der Waals surface area contributed by atoms with Gasteiger partial charge in [0.1, 0.15) is 5.56 Å². The number of amides is 1. The molecule has 2 N–H and O–H groups in total. The van der Waals surface area contributed by atoms with Crippen molar-refractivity contribution in [3.63, 3.8) is 0 Å². The number of carboxylic acid groups (broad SMARTS) is 1. The van der Waals surface area contributed by atoms with Crippen LogP contribution < -0.4 is 9.88 Å². The second kappa shape index (κ2) is 5.98. The molecule has 0 aliphatic heterocycles. The summed E-state index contributed by atoms with van der Waals surface area (Å²) in [4.78, 5) is 22.7. The molecule has 0 unspecified atom stereocenters. The van der Waals surface area contributed by atoms with Gasteiger partial charge in [-0.15, -0.1) is 0 Å². The average Bonchev–Trinajstić information content (AvgIpc) is 2.29. The molecule has 1 amide bonds. The molecule has 5 heteroatoms. The number of carbonyl (C=O) groups excluding carboxylic acids is 1. The first-order valence-electron chi connectivity index (χ1n) is 5.60. The predicted molar refractivity (Wildman–Crippen MR) is 62.0 cm³/mol. The summed E-state index contributed by atoms with van der Waals surface area (Å²) in [6.07, 6.45) is 2.24. The number of pyridine rings is 1. The molecule has 0 saturated heterocycles. The van der Waals surface area contributed by atoms with Crippen LogP contribution in [0.2, 0.25) is 0 Å². The van der Waals surface area contributed by atoms with Gasteiger partial charge in [-0.2, -0.15) is 4.79 Å². The van der Waals surface area contributed by atoms with Crippen molar-refractivity contribution in [2.45, 2.75) is 26.7 Å². The number of aromatic nitrogens is 1. The van der Waals surface area contributed by atoms with E-state index < -0.39 is 6.09 Å². The van der Waals surface area contributed by atoms with Crippen LogP contribution in [-0.2, 0) is 0 Å². The van der Waals surface area contributed by atoms with E-state index in [0.717, 1.165) is 17.4 Å². The lowest BCUT2D eigenvalue weighted by Crippen LogP contribution is -2.45. The zero-order chi connectivity index (χ0) is 12.8. The molecule has 1 rings (SSSR count). The van der Waals surface area contributed by atoms with Gasteiger partial charge < -0.3 is 10.4 Å². The quantitative estimate of drug-likeness (QED) is 0.613. The topological polar surface area (TPSA) is 70.3 Å². The number of rotatable bonds is 4. The minimum absolute atomic E-state index is 0.230. The molecule has 1 aromatic rings. The average molecular weight is 237 g/mol. The molecule has 0 fully saturated rings. The van der Waals surface area contributed by atoms with Crippen LogP contribution in [0.1, 0.15) is 35.8 Å². The Morgan fingerprint density at radius 2 is 2.18 bits per heavy atom. The van der Waals surface area contributed by atoms with Crippen LogP contribution in [0, 0.1) is 6.92 Å². The lowest BCUT2D eigenvalue weighted by atomic mass is 10.2. The van der Waals surface area contributed by atoms with Crippen molar-refractivity contribution in [1.82, 2.24) is 5.32 Å². The maximum Gasteiger partial charge on any atom is 0.599 e. The summed E-state index contributed by atoms with van der Waals surface area (Å²) in [7, 11) is 0. The van der Waals surface area contributed by atoms with Crippen molar-refractivity contribution in [1.29, 1.82) is 0 Å². The number of hydrogen-bond donors (Lipinski definition) is 2. The van der Waals surface area contributed by atoms with Gasteiger partial charge in [0, 0.05) is 19.5 Å². The Kier molecular flexibility index (Phi) is 4.63. The van der Waals surface area contributed by atoms with Crippen molar-refractivity contribution in [2.75, 3.05) is 6.54 Å². The van der Waals surface area contributed by atoms with Gasteiger partial charge in [0.15, 0.2) is 6.20 Å². The Morgan fingerprint density at radius 3 is 2.76 bits per heavy atom. The summed E-state index contributed by atoms with van der Waals surface area (Å²) >= 11 is 0. The molecule has 0 bridgehead atoms. The van der Waals surface area contributed by atoms with Crippen molar-refractivity contribution >= 4 is 12.0 Å². The first-order valence-corrected chi connectivity index (χ1v) is 5.60. The number of carbonyl (C=O) groups is 2. The number of nitrogens with zero attached hydrogens (tertiary/aromatic N) is 1. The smallest absolute Gasteiger partial charge is 0.427 e. The van der Waals surface area contributed by atoms with Gasteiger partial charge in [0.2, 0.25) is 5.69 Å². The Hall–Kier alpha value is -1.91. The Morgan fingerprint density at radius 1 is 1.47 bits per heavy atom. The zero-order valence-corrected chi connectivity index (χ0v) is 10.1. The van der Waals surface area contributed by atoms with Crippen molar-refractivity contribution < 1.29 is 19.3 Å². The minimum Gasteiger partial charge on any atom is -0.427 e. The van der Waals surface area contributed by atoms with E-state index in [1.54, 1.807) is 19.1 Å². The fourth-order valence-corrected chi connectivity index (χ4v) is 1.51. The molecule has 1 aromatic heterocycles. The number of unbranched alkanes of at least 4 members (excludes halogenated alkanes) is 1. The first-order chi connectivity index (χ1) is 8.07. The number of nitrogens with one attached hydrogen (secondary N) is 1. The summed E-state index contributed by atoms with van der Waals surface area (Å²) in [5.41, 5.74) is 0.819. The van der Waals surface area contributed by atoms with Crippen molar-refractivity contribution in [3.8, 4) is 0 Å². The summed E-state index contributed by atoms with van der Waals surface area (Å²) in [5.74, 6) is -0.230. The van der Waals surface area contributed by atoms with E-state index in [0.29, 0.717) is 17.8 Å². The van der Waals surface area contributed by atoms with Crippen LogP contribution in [0.3, 0.4) is 0 Å². The van der Waals surface area contributed by atoms with Crippen LogP contribution in [0.25, 0.3) is 0 Å². The molecule has 5 nitrogen and oxygen atoms in total. The largest absolute Gasteiger partial charge is 0.599 e. The Bertz CT molecular complexity index is 430. The van der Waals surface area contributed by atoms with Gasteiger partial charge in [0.05, 0.1) is 0 Å². The SMILES string of the molecule is CCCCNC(=O)c1ccc[n+](C(=O)O)c1C. The van der Waals surface area contributed by atoms with E-state index >= 15 is 0 Å². The van der Waals surface area contributed by atoms with Crippen LogP contribution in [0.5, 0.6) is 0 Å². The van der Waals surface area contributed by atoms with Gasteiger partial charge in [-0.25, -0.2) is 0 Å².